The van der Waals surface area contributed by atoms with Crippen LogP contribution in [0.15, 0.2) is 41.8 Å². The van der Waals surface area contributed by atoms with Crippen molar-refractivity contribution >= 4 is 15.9 Å². The highest BCUT2D eigenvalue weighted by Crippen LogP contribution is 2.33. The summed E-state index contributed by atoms with van der Waals surface area (Å²) in [6.07, 6.45) is 2.58. The number of hydrogen-bond donors (Lipinski definition) is 1. The van der Waals surface area contributed by atoms with Gasteiger partial charge in [-0.25, -0.2) is 8.42 Å². The fourth-order valence-corrected chi connectivity index (χ4v) is 4.55. The topological polar surface area (TPSA) is 84.9 Å². The Hall–Kier alpha value is -1.74. The first kappa shape index (κ1) is 18.1. The number of ether oxygens (including phenoxy) is 2. The van der Waals surface area contributed by atoms with E-state index in [1.807, 2.05) is 0 Å². The second kappa shape index (κ2) is 7.25. The van der Waals surface area contributed by atoms with Crippen molar-refractivity contribution in [1.82, 2.24) is 9.62 Å². The first-order chi connectivity index (χ1) is 12.0. The Balaban J connectivity index is 1.74. The summed E-state index contributed by atoms with van der Waals surface area (Å²) in [4.78, 5) is 12.1. The SMILES string of the molecule is C=CCNC(=O)c1cccc(S(=O)(=O)N2CCC3(CC2)OCCO3)c1. The molecule has 2 aliphatic heterocycles. The zero-order chi connectivity index (χ0) is 17.9. The second-order valence-corrected chi connectivity index (χ2v) is 7.98. The molecule has 0 aliphatic carbocycles. The number of benzene rings is 1. The van der Waals surface area contributed by atoms with Gasteiger partial charge >= 0.3 is 0 Å². The monoisotopic (exact) mass is 366 g/mol. The van der Waals surface area contributed by atoms with E-state index in [4.69, 9.17) is 9.47 Å². The summed E-state index contributed by atoms with van der Waals surface area (Å²) in [6.45, 7) is 5.62. The van der Waals surface area contributed by atoms with Gasteiger partial charge in [-0.2, -0.15) is 4.31 Å². The van der Waals surface area contributed by atoms with Crippen LogP contribution >= 0.6 is 0 Å². The lowest BCUT2D eigenvalue weighted by atomic mass is 10.1. The molecule has 3 rings (SSSR count). The van der Waals surface area contributed by atoms with E-state index in [2.05, 4.69) is 11.9 Å². The van der Waals surface area contributed by atoms with Crippen molar-refractivity contribution in [3.63, 3.8) is 0 Å². The molecule has 2 fully saturated rings. The quantitative estimate of drug-likeness (QED) is 0.790. The van der Waals surface area contributed by atoms with Crippen molar-refractivity contribution in [2.75, 3.05) is 32.8 Å². The van der Waals surface area contributed by atoms with Gasteiger partial charge in [0.2, 0.25) is 10.0 Å². The maximum absolute atomic E-state index is 12.9. The fourth-order valence-electron chi connectivity index (χ4n) is 3.07. The Kier molecular flexibility index (Phi) is 5.24. The Labute approximate surface area is 147 Å². The summed E-state index contributed by atoms with van der Waals surface area (Å²) in [5, 5.41) is 2.64. The van der Waals surface area contributed by atoms with Crippen LogP contribution in [-0.4, -0.2) is 57.3 Å². The number of amides is 1. The summed E-state index contributed by atoms with van der Waals surface area (Å²) in [5.41, 5.74) is 0.305. The van der Waals surface area contributed by atoms with Gasteiger partial charge in [-0.1, -0.05) is 12.1 Å². The molecule has 0 unspecified atom stereocenters. The third-order valence-electron chi connectivity index (χ3n) is 4.44. The lowest BCUT2D eigenvalue weighted by Crippen LogP contribution is -2.47. The molecule has 0 atom stereocenters. The van der Waals surface area contributed by atoms with E-state index in [0.29, 0.717) is 51.3 Å². The molecule has 0 radical (unpaired) electrons. The molecular formula is C17H22N2O5S. The summed E-state index contributed by atoms with van der Waals surface area (Å²) < 4.78 is 38.4. The highest BCUT2D eigenvalue weighted by atomic mass is 32.2. The molecule has 2 aliphatic rings. The second-order valence-electron chi connectivity index (χ2n) is 6.04. The van der Waals surface area contributed by atoms with Crippen molar-refractivity contribution in [1.29, 1.82) is 0 Å². The zero-order valence-electron chi connectivity index (χ0n) is 13.9. The number of hydrogen-bond acceptors (Lipinski definition) is 5. The average Bonchev–Trinajstić information content (AvgIpc) is 3.08. The van der Waals surface area contributed by atoms with Crippen LogP contribution in [0.25, 0.3) is 0 Å². The first-order valence-electron chi connectivity index (χ1n) is 8.24. The van der Waals surface area contributed by atoms with Crippen molar-refractivity contribution < 1.29 is 22.7 Å². The molecule has 1 N–H and O–H groups in total. The molecule has 8 heteroatoms. The van der Waals surface area contributed by atoms with E-state index in [1.54, 1.807) is 18.2 Å². The Morgan fingerprint density at radius 3 is 2.60 bits per heavy atom. The lowest BCUT2D eigenvalue weighted by Gasteiger charge is -2.36. The highest BCUT2D eigenvalue weighted by molar-refractivity contribution is 7.89. The maximum Gasteiger partial charge on any atom is 0.251 e. The zero-order valence-corrected chi connectivity index (χ0v) is 14.8. The molecule has 7 nitrogen and oxygen atoms in total. The fraction of sp³-hybridized carbons (Fsp3) is 0.471. The largest absolute Gasteiger partial charge is 0.349 e. The molecule has 0 aromatic heterocycles. The van der Waals surface area contributed by atoms with Gasteiger partial charge in [0.15, 0.2) is 5.79 Å². The number of piperidine rings is 1. The average molecular weight is 366 g/mol. The van der Waals surface area contributed by atoms with E-state index in [-0.39, 0.29) is 10.8 Å². The van der Waals surface area contributed by atoms with Gasteiger partial charge in [0.1, 0.15) is 0 Å². The number of carbonyl (C=O) groups is 1. The van der Waals surface area contributed by atoms with Crippen molar-refractivity contribution in [3.05, 3.63) is 42.5 Å². The maximum atomic E-state index is 12.9. The molecular weight excluding hydrogens is 344 g/mol. The van der Waals surface area contributed by atoms with Crippen LogP contribution in [0.5, 0.6) is 0 Å². The van der Waals surface area contributed by atoms with Crippen molar-refractivity contribution in [2.24, 2.45) is 0 Å². The van der Waals surface area contributed by atoms with Crippen molar-refractivity contribution in [3.8, 4) is 0 Å². The smallest absolute Gasteiger partial charge is 0.251 e. The molecule has 0 bridgehead atoms. The van der Waals surface area contributed by atoms with E-state index in [0.717, 1.165) is 0 Å². The first-order valence-corrected chi connectivity index (χ1v) is 9.68. The Morgan fingerprint density at radius 1 is 1.28 bits per heavy atom. The standard InChI is InChI=1S/C17H22N2O5S/c1-2-8-18-16(20)14-4-3-5-15(13-14)25(21,22)19-9-6-17(7-10-19)23-11-12-24-17/h2-5,13H,1,6-12H2,(H,18,20). The molecule has 1 amide bonds. The molecule has 2 saturated heterocycles. The van der Waals surface area contributed by atoms with Gasteiger partial charge in [-0.15, -0.1) is 6.58 Å². The molecule has 1 aromatic rings. The van der Waals surface area contributed by atoms with E-state index < -0.39 is 15.8 Å². The van der Waals surface area contributed by atoms with Crippen LogP contribution in [0.2, 0.25) is 0 Å². The normalized spacial score (nSPS) is 20.5. The summed E-state index contributed by atoms with van der Waals surface area (Å²) in [7, 11) is -3.66. The number of rotatable bonds is 5. The van der Waals surface area contributed by atoms with Gasteiger partial charge in [-0.05, 0) is 18.2 Å². The van der Waals surface area contributed by atoms with Crippen LogP contribution in [0, 0.1) is 0 Å². The molecule has 2 heterocycles. The van der Waals surface area contributed by atoms with Gasteiger partial charge in [0, 0.05) is 38.0 Å². The number of carbonyl (C=O) groups excluding carboxylic acids is 1. The van der Waals surface area contributed by atoms with Crippen LogP contribution in [-0.2, 0) is 19.5 Å². The predicted octanol–water partition coefficient (Wildman–Crippen LogP) is 1.13. The Bertz CT molecular complexity index is 746. The van der Waals surface area contributed by atoms with Gasteiger partial charge in [-0.3, -0.25) is 4.79 Å². The van der Waals surface area contributed by atoms with Crippen LogP contribution in [0.1, 0.15) is 23.2 Å². The highest BCUT2D eigenvalue weighted by Gasteiger charge is 2.42. The van der Waals surface area contributed by atoms with Crippen molar-refractivity contribution in [2.45, 2.75) is 23.5 Å². The minimum Gasteiger partial charge on any atom is -0.349 e. The van der Waals surface area contributed by atoms with E-state index in [1.165, 1.54) is 16.4 Å². The predicted molar refractivity (Wildman–Crippen MR) is 91.6 cm³/mol. The van der Waals surface area contributed by atoms with Crippen LogP contribution < -0.4 is 5.32 Å². The molecule has 1 aromatic carbocycles. The third kappa shape index (κ3) is 3.77. The third-order valence-corrected chi connectivity index (χ3v) is 6.33. The number of nitrogens with zero attached hydrogens (tertiary/aromatic N) is 1. The van der Waals surface area contributed by atoms with Gasteiger partial charge in [0.05, 0.1) is 18.1 Å². The number of nitrogens with one attached hydrogen (secondary N) is 1. The summed E-state index contributed by atoms with van der Waals surface area (Å²) >= 11 is 0. The minimum atomic E-state index is -3.66. The van der Waals surface area contributed by atoms with E-state index in [9.17, 15) is 13.2 Å². The lowest BCUT2D eigenvalue weighted by molar-refractivity contribution is -0.179. The minimum absolute atomic E-state index is 0.114. The van der Waals surface area contributed by atoms with Crippen LogP contribution in [0.3, 0.4) is 0 Å². The summed E-state index contributed by atoms with van der Waals surface area (Å²) in [6, 6.07) is 6.07. The Morgan fingerprint density at radius 2 is 1.96 bits per heavy atom. The van der Waals surface area contributed by atoms with E-state index >= 15 is 0 Å². The molecule has 1 spiro atoms. The van der Waals surface area contributed by atoms with Gasteiger partial charge in [0.25, 0.3) is 5.91 Å². The molecule has 0 saturated carbocycles. The van der Waals surface area contributed by atoms with Crippen LogP contribution in [0.4, 0.5) is 0 Å². The van der Waals surface area contributed by atoms with Gasteiger partial charge < -0.3 is 14.8 Å². The molecule has 25 heavy (non-hydrogen) atoms. The molecule has 136 valence electrons. The number of sulfonamides is 1. The summed E-state index contributed by atoms with van der Waals surface area (Å²) in [5.74, 6) is -0.958.